The molecule has 168 valence electrons. The smallest absolute Gasteiger partial charge is 0.297 e. The Kier molecular flexibility index (Phi) is 5.25. The van der Waals surface area contributed by atoms with Crippen LogP contribution in [0.3, 0.4) is 0 Å². The minimum atomic E-state index is -0.749. The van der Waals surface area contributed by atoms with E-state index >= 15 is 0 Å². The average molecular weight is 465 g/mol. The van der Waals surface area contributed by atoms with Gasteiger partial charge in [-0.05, 0) is 56.2 Å². The molecule has 0 radical (unpaired) electrons. The van der Waals surface area contributed by atoms with E-state index in [1.807, 2.05) is 45.0 Å². The molecular formula is C25H21FN2O4S. The van der Waals surface area contributed by atoms with Gasteiger partial charge in [-0.25, -0.2) is 9.37 Å². The number of fused-ring (bicyclic) bond motifs is 2. The molecule has 0 saturated carbocycles. The summed E-state index contributed by atoms with van der Waals surface area (Å²) in [5.74, 6) is -0.333. The second kappa shape index (κ2) is 8.12. The number of hydrogen-bond acceptors (Lipinski definition) is 6. The van der Waals surface area contributed by atoms with Crippen molar-refractivity contribution in [1.82, 2.24) is 4.98 Å². The lowest BCUT2D eigenvalue weighted by atomic mass is 9.98. The molecule has 0 N–H and O–H groups in total. The van der Waals surface area contributed by atoms with Crippen molar-refractivity contribution < 1.29 is 18.3 Å². The van der Waals surface area contributed by atoms with Crippen LogP contribution in [0.1, 0.15) is 51.6 Å². The monoisotopic (exact) mass is 464 g/mol. The SMILES string of the molecule is CCCOc1ccc([C@H]2c3c(oc4ccc(F)cc4c3=O)C(=O)N2c2nc(C)c(C)s2)cc1. The first-order valence-corrected chi connectivity index (χ1v) is 11.5. The number of benzene rings is 2. The molecule has 6 nitrogen and oxygen atoms in total. The van der Waals surface area contributed by atoms with Gasteiger partial charge in [0.2, 0.25) is 5.76 Å². The predicted octanol–water partition coefficient (Wildman–Crippen LogP) is 5.54. The Labute approximate surface area is 193 Å². The summed E-state index contributed by atoms with van der Waals surface area (Å²) in [5, 5.41) is 0.579. The van der Waals surface area contributed by atoms with Crippen molar-refractivity contribution in [2.45, 2.75) is 33.2 Å². The first kappa shape index (κ1) is 21.3. The van der Waals surface area contributed by atoms with E-state index in [1.54, 1.807) is 0 Å². The predicted molar refractivity (Wildman–Crippen MR) is 125 cm³/mol. The number of aromatic nitrogens is 1. The van der Waals surface area contributed by atoms with Gasteiger partial charge in [-0.1, -0.05) is 19.1 Å². The van der Waals surface area contributed by atoms with E-state index in [0.717, 1.165) is 23.1 Å². The van der Waals surface area contributed by atoms with E-state index in [1.165, 1.54) is 28.4 Å². The molecule has 1 amide bonds. The third-order valence-corrected chi connectivity index (χ3v) is 6.80. The summed E-state index contributed by atoms with van der Waals surface area (Å²) in [6.45, 7) is 6.42. The van der Waals surface area contributed by atoms with Gasteiger partial charge in [0, 0.05) is 4.88 Å². The van der Waals surface area contributed by atoms with Crippen LogP contribution in [0.25, 0.3) is 11.0 Å². The second-order valence-corrected chi connectivity index (χ2v) is 9.13. The molecule has 0 aliphatic carbocycles. The zero-order valence-corrected chi connectivity index (χ0v) is 19.2. The number of aryl methyl sites for hydroxylation is 2. The highest BCUT2D eigenvalue weighted by Gasteiger charge is 2.45. The van der Waals surface area contributed by atoms with Crippen LogP contribution in [0.2, 0.25) is 0 Å². The third kappa shape index (κ3) is 3.51. The van der Waals surface area contributed by atoms with E-state index in [0.29, 0.717) is 23.1 Å². The van der Waals surface area contributed by atoms with Crippen LogP contribution in [0.5, 0.6) is 5.75 Å². The number of anilines is 1. The molecule has 0 bridgehead atoms. The van der Waals surface area contributed by atoms with Crippen molar-refractivity contribution in [3.63, 3.8) is 0 Å². The average Bonchev–Trinajstić information content (AvgIpc) is 3.29. The third-order valence-electron chi connectivity index (χ3n) is 5.72. The largest absolute Gasteiger partial charge is 0.494 e. The quantitative estimate of drug-likeness (QED) is 0.388. The fraction of sp³-hybridized carbons (Fsp3) is 0.240. The normalized spacial score (nSPS) is 15.3. The molecule has 2 aromatic carbocycles. The molecule has 2 aromatic heterocycles. The van der Waals surface area contributed by atoms with Crippen molar-refractivity contribution in [3.05, 3.63) is 86.0 Å². The van der Waals surface area contributed by atoms with E-state index in [4.69, 9.17) is 9.15 Å². The van der Waals surface area contributed by atoms with E-state index < -0.39 is 23.2 Å². The van der Waals surface area contributed by atoms with Crippen molar-refractivity contribution >= 4 is 33.3 Å². The molecule has 3 heterocycles. The standard InChI is InChI=1S/C25H21FN2O4S/c1-4-11-31-17-8-5-15(6-9-17)21-20-22(29)18-12-16(26)7-10-19(18)32-23(20)24(30)28(21)25-27-13(2)14(3)33-25/h5-10,12,21H,4,11H2,1-3H3/t21-/m0/s1. The minimum Gasteiger partial charge on any atom is -0.494 e. The highest BCUT2D eigenvalue weighted by atomic mass is 32.1. The zero-order valence-electron chi connectivity index (χ0n) is 18.3. The van der Waals surface area contributed by atoms with Gasteiger partial charge in [-0.2, -0.15) is 0 Å². The van der Waals surface area contributed by atoms with Gasteiger partial charge in [0.05, 0.1) is 29.3 Å². The molecule has 33 heavy (non-hydrogen) atoms. The molecule has 1 aliphatic heterocycles. The number of thiazole rings is 1. The topological polar surface area (TPSA) is 72.6 Å². The van der Waals surface area contributed by atoms with Gasteiger partial charge in [0.25, 0.3) is 5.91 Å². The van der Waals surface area contributed by atoms with Gasteiger partial charge < -0.3 is 9.15 Å². The van der Waals surface area contributed by atoms with Gasteiger partial charge in [0.15, 0.2) is 10.6 Å². The number of carbonyl (C=O) groups is 1. The second-order valence-electron chi connectivity index (χ2n) is 7.95. The fourth-order valence-corrected chi connectivity index (χ4v) is 4.92. The van der Waals surface area contributed by atoms with Gasteiger partial charge in [0.1, 0.15) is 17.1 Å². The van der Waals surface area contributed by atoms with E-state index in [-0.39, 0.29) is 22.3 Å². The first-order chi connectivity index (χ1) is 15.9. The van der Waals surface area contributed by atoms with Crippen LogP contribution >= 0.6 is 11.3 Å². The van der Waals surface area contributed by atoms with Crippen molar-refractivity contribution in [1.29, 1.82) is 0 Å². The summed E-state index contributed by atoms with van der Waals surface area (Å²) in [7, 11) is 0. The maximum absolute atomic E-state index is 13.9. The zero-order chi connectivity index (χ0) is 23.3. The number of hydrogen-bond donors (Lipinski definition) is 0. The lowest BCUT2D eigenvalue weighted by Crippen LogP contribution is -2.29. The van der Waals surface area contributed by atoms with Crippen LogP contribution in [0.4, 0.5) is 9.52 Å². The lowest BCUT2D eigenvalue weighted by Gasteiger charge is -2.22. The minimum absolute atomic E-state index is 0.0408. The molecule has 4 aromatic rings. The Bertz CT molecular complexity index is 1420. The van der Waals surface area contributed by atoms with Gasteiger partial charge in [-0.3, -0.25) is 14.5 Å². The Morgan fingerprint density at radius 1 is 1.15 bits per heavy atom. The summed E-state index contributed by atoms with van der Waals surface area (Å²) < 4.78 is 25.5. The van der Waals surface area contributed by atoms with E-state index in [2.05, 4.69) is 4.98 Å². The molecular weight excluding hydrogens is 443 g/mol. The van der Waals surface area contributed by atoms with E-state index in [9.17, 15) is 14.0 Å². The first-order valence-electron chi connectivity index (χ1n) is 10.7. The van der Waals surface area contributed by atoms with Crippen LogP contribution in [0.15, 0.2) is 51.7 Å². The maximum atomic E-state index is 13.9. The number of halogens is 1. The van der Waals surface area contributed by atoms with Gasteiger partial charge >= 0.3 is 0 Å². The molecule has 5 rings (SSSR count). The summed E-state index contributed by atoms with van der Waals surface area (Å²) >= 11 is 1.38. The Hall–Kier alpha value is -3.52. The lowest BCUT2D eigenvalue weighted by molar-refractivity contribution is 0.0971. The summed E-state index contributed by atoms with van der Waals surface area (Å²) in [6, 6.07) is 10.2. The van der Waals surface area contributed by atoms with Gasteiger partial charge in [-0.15, -0.1) is 11.3 Å². The summed E-state index contributed by atoms with van der Waals surface area (Å²) in [4.78, 5) is 34.1. The number of carbonyl (C=O) groups excluding carboxylic acids is 1. The van der Waals surface area contributed by atoms with Crippen LogP contribution in [-0.4, -0.2) is 17.5 Å². The molecule has 0 unspecified atom stereocenters. The summed E-state index contributed by atoms with van der Waals surface area (Å²) in [6.07, 6.45) is 0.882. The Morgan fingerprint density at radius 2 is 1.91 bits per heavy atom. The number of nitrogens with zero attached hydrogens (tertiary/aromatic N) is 2. The van der Waals surface area contributed by atoms with Crippen LogP contribution < -0.4 is 15.1 Å². The molecule has 0 spiro atoms. The maximum Gasteiger partial charge on any atom is 0.297 e. The fourth-order valence-electron chi connectivity index (χ4n) is 3.98. The number of rotatable bonds is 5. The van der Waals surface area contributed by atoms with Crippen molar-refractivity contribution in [2.24, 2.45) is 0 Å². The molecule has 1 atom stereocenters. The van der Waals surface area contributed by atoms with Crippen molar-refractivity contribution in [2.75, 3.05) is 11.5 Å². The highest BCUT2D eigenvalue weighted by Crippen LogP contribution is 2.43. The molecule has 1 aliphatic rings. The number of amides is 1. The number of ether oxygens (including phenoxy) is 1. The Morgan fingerprint density at radius 3 is 2.58 bits per heavy atom. The van der Waals surface area contributed by atoms with Crippen LogP contribution in [-0.2, 0) is 0 Å². The summed E-state index contributed by atoms with van der Waals surface area (Å²) in [5.41, 5.74) is 1.45. The van der Waals surface area contributed by atoms with Crippen LogP contribution in [0, 0.1) is 19.7 Å². The molecule has 0 fully saturated rings. The van der Waals surface area contributed by atoms with Crippen molar-refractivity contribution in [3.8, 4) is 5.75 Å². The highest BCUT2D eigenvalue weighted by molar-refractivity contribution is 7.15. The molecule has 0 saturated heterocycles. The Balaban J connectivity index is 1.72. The molecule has 8 heteroatoms.